The number of halogens is 2. The van der Waals surface area contributed by atoms with Crippen molar-refractivity contribution in [1.29, 1.82) is 0 Å². The molecule has 0 amide bonds. The van der Waals surface area contributed by atoms with Crippen molar-refractivity contribution >= 4 is 29.1 Å². The molecular formula is C12H12ClFN4. The zero-order valence-electron chi connectivity index (χ0n) is 9.96. The average molecular weight is 267 g/mol. The molecule has 0 saturated carbocycles. The van der Waals surface area contributed by atoms with Crippen LogP contribution in [0, 0.1) is 12.7 Å². The number of hydrogen-bond acceptors (Lipinski definition) is 4. The van der Waals surface area contributed by atoms with E-state index in [2.05, 4.69) is 20.6 Å². The van der Waals surface area contributed by atoms with Gasteiger partial charge in [0.05, 0.1) is 5.69 Å². The van der Waals surface area contributed by atoms with Gasteiger partial charge in [-0.2, -0.15) is 4.98 Å². The van der Waals surface area contributed by atoms with E-state index in [0.717, 1.165) is 5.69 Å². The zero-order chi connectivity index (χ0) is 13.1. The Kier molecular flexibility index (Phi) is 3.62. The molecule has 4 nitrogen and oxygen atoms in total. The third-order valence-corrected chi connectivity index (χ3v) is 2.51. The van der Waals surface area contributed by atoms with E-state index in [1.165, 1.54) is 6.07 Å². The molecule has 0 aliphatic heterocycles. The summed E-state index contributed by atoms with van der Waals surface area (Å²) in [7, 11) is 1.72. The Bertz CT molecular complexity index is 574. The molecule has 94 valence electrons. The van der Waals surface area contributed by atoms with Crippen LogP contribution in [0.5, 0.6) is 0 Å². The average Bonchev–Trinajstić information content (AvgIpc) is 2.32. The lowest BCUT2D eigenvalue weighted by molar-refractivity contribution is 0.632. The molecular weight excluding hydrogens is 255 g/mol. The summed E-state index contributed by atoms with van der Waals surface area (Å²) in [4.78, 5) is 8.33. The van der Waals surface area contributed by atoms with Crippen LogP contribution in [0.1, 0.15) is 5.69 Å². The molecule has 18 heavy (non-hydrogen) atoms. The van der Waals surface area contributed by atoms with E-state index in [1.54, 1.807) is 25.2 Å². The second kappa shape index (κ2) is 5.18. The van der Waals surface area contributed by atoms with Crippen LogP contribution in [0.25, 0.3) is 0 Å². The van der Waals surface area contributed by atoms with Gasteiger partial charge in [-0.1, -0.05) is 11.6 Å². The van der Waals surface area contributed by atoms with E-state index in [0.29, 0.717) is 22.5 Å². The lowest BCUT2D eigenvalue weighted by atomic mass is 10.3. The SMILES string of the molecule is CNc1nc(C)cc(Nc2ccc(Cl)cc2F)n1. The summed E-state index contributed by atoms with van der Waals surface area (Å²) in [5, 5.41) is 6.09. The largest absolute Gasteiger partial charge is 0.357 e. The van der Waals surface area contributed by atoms with Crippen LogP contribution in [-0.4, -0.2) is 17.0 Å². The van der Waals surface area contributed by atoms with Crippen LogP contribution in [0.4, 0.5) is 21.8 Å². The van der Waals surface area contributed by atoms with E-state index in [4.69, 9.17) is 11.6 Å². The predicted molar refractivity (Wildman–Crippen MR) is 71.0 cm³/mol. The van der Waals surface area contributed by atoms with E-state index < -0.39 is 5.82 Å². The van der Waals surface area contributed by atoms with Gasteiger partial charge >= 0.3 is 0 Å². The minimum atomic E-state index is -0.426. The number of rotatable bonds is 3. The highest BCUT2D eigenvalue weighted by Gasteiger charge is 2.06. The van der Waals surface area contributed by atoms with Crippen LogP contribution >= 0.6 is 11.6 Å². The van der Waals surface area contributed by atoms with E-state index >= 15 is 0 Å². The first-order chi connectivity index (χ1) is 8.58. The molecule has 2 aromatic rings. The number of nitrogens with zero attached hydrogens (tertiary/aromatic N) is 2. The lowest BCUT2D eigenvalue weighted by Crippen LogP contribution is -2.02. The van der Waals surface area contributed by atoms with Gasteiger partial charge in [0.15, 0.2) is 0 Å². The number of aryl methyl sites for hydroxylation is 1. The summed E-state index contributed by atoms with van der Waals surface area (Å²) in [6, 6.07) is 6.15. The van der Waals surface area contributed by atoms with Crippen LogP contribution in [0.3, 0.4) is 0 Å². The number of anilines is 3. The van der Waals surface area contributed by atoms with E-state index in [-0.39, 0.29) is 0 Å². The fourth-order valence-electron chi connectivity index (χ4n) is 1.47. The third kappa shape index (κ3) is 2.87. The van der Waals surface area contributed by atoms with Gasteiger partial charge in [-0.15, -0.1) is 0 Å². The van der Waals surface area contributed by atoms with Crippen molar-refractivity contribution in [3.8, 4) is 0 Å². The molecule has 0 bridgehead atoms. The number of hydrogen-bond donors (Lipinski definition) is 2. The lowest BCUT2D eigenvalue weighted by Gasteiger charge is -2.09. The van der Waals surface area contributed by atoms with Crippen molar-refractivity contribution in [2.75, 3.05) is 17.7 Å². The normalized spacial score (nSPS) is 10.2. The molecule has 0 aliphatic carbocycles. The Morgan fingerprint density at radius 2 is 2.00 bits per heavy atom. The van der Waals surface area contributed by atoms with Gasteiger partial charge in [0, 0.05) is 23.8 Å². The highest BCUT2D eigenvalue weighted by molar-refractivity contribution is 6.30. The smallest absolute Gasteiger partial charge is 0.224 e. The maximum absolute atomic E-state index is 13.6. The van der Waals surface area contributed by atoms with Crippen LogP contribution in [0.2, 0.25) is 5.02 Å². The molecule has 1 aromatic heterocycles. The van der Waals surface area contributed by atoms with Crippen LogP contribution < -0.4 is 10.6 Å². The Morgan fingerprint density at radius 3 is 2.67 bits per heavy atom. The molecule has 0 spiro atoms. The summed E-state index contributed by atoms with van der Waals surface area (Å²) in [5.74, 6) is 0.574. The molecule has 0 radical (unpaired) electrons. The first-order valence-corrected chi connectivity index (χ1v) is 5.72. The maximum Gasteiger partial charge on any atom is 0.224 e. The number of aromatic nitrogens is 2. The molecule has 2 rings (SSSR count). The molecule has 0 fully saturated rings. The maximum atomic E-state index is 13.6. The molecule has 0 atom stereocenters. The van der Waals surface area contributed by atoms with Crippen molar-refractivity contribution in [1.82, 2.24) is 9.97 Å². The van der Waals surface area contributed by atoms with Crippen molar-refractivity contribution in [2.45, 2.75) is 6.92 Å². The summed E-state index contributed by atoms with van der Waals surface area (Å²) in [5.41, 5.74) is 1.10. The Labute approximate surface area is 109 Å². The van der Waals surface area contributed by atoms with Gasteiger partial charge in [0.2, 0.25) is 5.95 Å². The zero-order valence-corrected chi connectivity index (χ0v) is 10.7. The Balaban J connectivity index is 2.30. The Hall–Kier alpha value is -1.88. The fraction of sp³-hybridized carbons (Fsp3) is 0.167. The van der Waals surface area contributed by atoms with Gasteiger partial charge in [-0.25, -0.2) is 9.37 Å². The minimum absolute atomic E-state index is 0.319. The third-order valence-electron chi connectivity index (χ3n) is 2.27. The fourth-order valence-corrected chi connectivity index (χ4v) is 1.63. The summed E-state index contributed by atoms with van der Waals surface area (Å²) in [6.45, 7) is 1.84. The van der Waals surface area contributed by atoms with E-state index in [9.17, 15) is 4.39 Å². The van der Waals surface area contributed by atoms with Gasteiger partial charge in [0.1, 0.15) is 11.6 Å². The topological polar surface area (TPSA) is 49.8 Å². The molecule has 0 saturated heterocycles. The van der Waals surface area contributed by atoms with Crippen molar-refractivity contribution < 1.29 is 4.39 Å². The van der Waals surface area contributed by atoms with Crippen molar-refractivity contribution in [3.63, 3.8) is 0 Å². The quantitative estimate of drug-likeness (QED) is 0.894. The van der Waals surface area contributed by atoms with Gasteiger partial charge in [-0.05, 0) is 25.1 Å². The second-order valence-electron chi connectivity index (χ2n) is 3.72. The van der Waals surface area contributed by atoms with Gasteiger partial charge < -0.3 is 10.6 Å². The van der Waals surface area contributed by atoms with E-state index in [1.807, 2.05) is 6.92 Å². The van der Waals surface area contributed by atoms with Crippen LogP contribution in [0.15, 0.2) is 24.3 Å². The second-order valence-corrected chi connectivity index (χ2v) is 4.15. The molecule has 1 aromatic carbocycles. The standard InChI is InChI=1S/C12H12ClFN4/c1-7-5-11(18-12(15-2)16-7)17-10-4-3-8(13)6-9(10)14/h3-6H,1-2H3,(H2,15,16,17,18). The van der Waals surface area contributed by atoms with Crippen molar-refractivity contribution in [3.05, 3.63) is 40.8 Å². The molecule has 0 unspecified atom stereocenters. The first kappa shape index (κ1) is 12.6. The van der Waals surface area contributed by atoms with Gasteiger partial charge in [0.25, 0.3) is 0 Å². The van der Waals surface area contributed by atoms with Gasteiger partial charge in [-0.3, -0.25) is 0 Å². The molecule has 0 aliphatic rings. The Morgan fingerprint density at radius 1 is 1.22 bits per heavy atom. The number of nitrogens with one attached hydrogen (secondary N) is 2. The summed E-state index contributed by atoms with van der Waals surface area (Å²) < 4.78 is 13.6. The predicted octanol–water partition coefficient (Wildman–Crippen LogP) is 3.36. The highest BCUT2D eigenvalue weighted by atomic mass is 35.5. The first-order valence-electron chi connectivity index (χ1n) is 5.34. The molecule has 2 N–H and O–H groups in total. The highest BCUT2D eigenvalue weighted by Crippen LogP contribution is 2.22. The number of benzene rings is 1. The molecule has 6 heteroatoms. The summed E-state index contributed by atoms with van der Waals surface area (Å²) in [6.07, 6.45) is 0. The summed E-state index contributed by atoms with van der Waals surface area (Å²) >= 11 is 5.69. The van der Waals surface area contributed by atoms with Crippen LogP contribution in [-0.2, 0) is 0 Å². The monoisotopic (exact) mass is 266 g/mol. The minimum Gasteiger partial charge on any atom is -0.357 e. The van der Waals surface area contributed by atoms with Crippen molar-refractivity contribution in [2.24, 2.45) is 0 Å². The molecule has 1 heterocycles.